The third kappa shape index (κ3) is 5.09. The molecule has 0 N–H and O–H groups in total. The molecule has 2 fully saturated rings. The summed E-state index contributed by atoms with van der Waals surface area (Å²) in [6.07, 6.45) is 2.48. The van der Waals surface area contributed by atoms with Crippen LogP contribution in [0.1, 0.15) is 35.3 Å². The van der Waals surface area contributed by atoms with Crippen molar-refractivity contribution in [1.29, 1.82) is 0 Å². The molecule has 0 spiro atoms. The topological polar surface area (TPSA) is 66.5 Å². The fourth-order valence-corrected chi connectivity index (χ4v) is 3.84. The molecular formula is C25H29NO6. The van der Waals surface area contributed by atoms with E-state index in [1.807, 2.05) is 68.5 Å². The lowest BCUT2D eigenvalue weighted by Gasteiger charge is -2.23. The van der Waals surface area contributed by atoms with Crippen LogP contribution in [-0.2, 0) is 30.4 Å². The van der Waals surface area contributed by atoms with E-state index in [9.17, 15) is 4.79 Å². The third-order valence-corrected chi connectivity index (χ3v) is 5.50. The van der Waals surface area contributed by atoms with Crippen LogP contribution in [0.2, 0.25) is 0 Å². The number of carbonyl (C=O) groups excluding carboxylic acids is 1. The summed E-state index contributed by atoms with van der Waals surface area (Å²) in [4.78, 5) is 17.1. The maximum atomic E-state index is 12.2. The maximum absolute atomic E-state index is 12.2. The Balaban J connectivity index is 1.43. The van der Waals surface area contributed by atoms with Crippen molar-refractivity contribution in [3.63, 3.8) is 0 Å². The Kier molecular flexibility index (Phi) is 6.74. The van der Waals surface area contributed by atoms with E-state index in [1.165, 1.54) is 12.2 Å². The van der Waals surface area contributed by atoms with Gasteiger partial charge in [0, 0.05) is 12.6 Å². The first-order chi connectivity index (χ1) is 15.4. The smallest absolute Gasteiger partial charge is 0.277 e. The van der Waals surface area contributed by atoms with Crippen LogP contribution in [0.3, 0.4) is 0 Å². The first-order valence-electron chi connectivity index (χ1n) is 10.6. The first kappa shape index (κ1) is 22.6. The minimum atomic E-state index is -0.699. The zero-order valence-corrected chi connectivity index (χ0v) is 18.8. The molecule has 2 aliphatic rings. The lowest BCUT2D eigenvalue weighted by Crippen LogP contribution is -2.31. The van der Waals surface area contributed by atoms with E-state index < -0.39 is 12.1 Å². The lowest BCUT2D eigenvalue weighted by molar-refractivity contribution is -0.231. The molecule has 0 aromatic heterocycles. The summed E-state index contributed by atoms with van der Waals surface area (Å²) in [7, 11) is 3.03. The summed E-state index contributed by atoms with van der Waals surface area (Å²) in [5, 5.41) is 1.19. The van der Waals surface area contributed by atoms with E-state index >= 15 is 0 Å². The van der Waals surface area contributed by atoms with Gasteiger partial charge in [0.1, 0.15) is 18.3 Å². The van der Waals surface area contributed by atoms with Crippen molar-refractivity contribution < 1.29 is 28.6 Å². The molecule has 2 aliphatic heterocycles. The monoisotopic (exact) mass is 439 g/mol. The number of hydroxylamine groups is 2. The van der Waals surface area contributed by atoms with Gasteiger partial charge >= 0.3 is 0 Å². The van der Waals surface area contributed by atoms with E-state index in [0.29, 0.717) is 12.2 Å². The van der Waals surface area contributed by atoms with Crippen LogP contribution < -0.4 is 0 Å². The number of amides is 1. The Morgan fingerprint density at radius 3 is 2.44 bits per heavy atom. The van der Waals surface area contributed by atoms with Crippen LogP contribution >= 0.6 is 0 Å². The standard InChI is InChI=1S/C25H29NO6/c1-25(2)31-21-20(15-12-17-10-13-19(14-11-17)23(27)26(3)28-4)30-24(22(21)32-25)29-16-18-8-6-5-7-9-18/h5-15,20-22,24H,16H2,1-4H3/b15-12+/t20-,21+,22+,24+/m1/s1. The molecule has 2 saturated heterocycles. The molecule has 7 nitrogen and oxygen atoms in total. The van der Waals surface area contributed by atoms with Gasteiger partial charge in [-0.15, -0.1) is 0 Å². The van der Waals surface area contributed by atoms with Gasteiger partial charge in [-0.05, 0) is 37.1 Å². The van der Waals surface area contributed by atoms with Crippen molar-refractivity contribution in [1.82, 2.24) is 5.06 Å². The summed E-state index contributed by atoms with van der Waals surface area (Å²) >= 11 is 0. The molecule has 2 aromatic rings. The molecule has 2 aromatic carbocycles. The van der Waals surface area contributed by atoms with Crippen molar-refractivity contribution in [2.45, 2.75) is 50.8 Å². The summed E-state index contributed by atoms with van der Waals surface area (Å²) in [6.45, 7) is 4.22. The van der Waals surface area contributed by atoms with Gasteiger partial charge in [0.2, 0.25) is 0 Å². The van der Waals surface area contributed by atoms with Crippen LogP contribution in [0.4, 0.5) is 0 Å². The van der Waals surface area contributed by atoms with Gasteiger partial charge in [0.05, 0.1) is 13.7 Å². The molecule has 2 heterocycles. The van der Waals surface area contributed by atoms with E-state index in [1.54, 1.807) is 19.2 Å². The summed E-state index contributed by atoms with van der Waals surface area (Å²) < 4.78 is 24.3. The number of ether oxygens (including phenoxy) is 4. The Hall–Kier alpha value is -2.55. The lowest BCUT2D eigenvalue weighted by atomic mass is 10.1. The second-order valence-electron chi connectivity index (χ2n) is 8.30. The third-order valence-electron chi connectivity index (χ3n) is 5.50. The fourth-order valence-electron chi connectivity index (χ4n) is 3.84. The normalized spacial score (nSPS) is 26.4. The first-order valence-corrected chi connectivity index (χ1v) is 10.6. The average molecular weight is 440 g/mol. The van der Waals surface area contributed by atoms with Gasteiger partial charge < -0.3 is 18.9 Å². The second-order valence-corrected chi connectivity index (χ2v) is 8.30. The van der Waals surface area contributed by atoms with Gasteiger partial charge in [0.15, 0.2) is 12.1 Å². The summed E-state index contributed by atoms with van der Waals surface area (Å²) in [6, 6.07) is 17.2. The molecule has 32 heavy (non-hydrogen) atoms. The van der Waals surface area contributed by atoms with Gasteiger partial charge in [-0.3, -0.25) is 9.63 Å². The number of fused-ring (bicyclic) bond motifs is 1. The summed E-state index contributed by atoms with van der Waals surface area (Å²) in [5.41, 5.74) is 2.56. The van der Waals surface area contributed by atoms with Crippen molar-refractivity contribution in [3.05, 3.63) is 77.4 Å². The molecule has 0 radical (unpaired) electrons. The quantitative estimate of drug-likeness (QED) is 0.612. The van der Waals surface area contributed by atoms with Crippen molar-refractivity contribution >= 4 is 12.0 Å². The van der Waals surface area contributed by atoms with E-state index in [0.717, 1.165) is 11.1 Å². The zero-order chi connectivity index (χ0) is 22.7. The van der Waals surface area contributed by atoms with E-state index in [-0.39, 0.29) is 24.2 Å². The molecular weight excluding hydrogens is 410 g/mol. The van der Waals surface area contributed by atoms with Gasteiger partial charge in [0.25, 0.3) is 5.91 Å². The highest BCUT2D eigenvalue weighted by molar-refractivity contribution is 5.93. The molecule has 0 saturated carbocycles. The number of rotatable bonds is 7. The Bertz CT molecular complexity index is 943. The highest BCUT2D eigenvalue weighted by Gasteiger charge is 2.55. The zero-order valence-electron chi connectivity index (χ0n) is 18.8. The molecule has 0 unspecified atom stereocenters. The maximum Gasteiger partial charge on any atom is 0.277 e. The highest BCUT2D eigenvalue weighted by atomic mass is 16.8. The predicted octanol–water partition coefficient (Wildman–Crippen LogP) is 3.80. The van der Waals surface area contributed by atoms with Crippen molar-refractivity contribution in [2.24, 2.45) is 0 Å². The average Bonchev–Trinajstić information content (AvgIpc) is 3.29. The molecule has 0 aliphatic carbocycles. The van der Waals surface area contributed by atoms with Gasteiger partial charge in [-0.2, -0.15) is 0 Å². The highest BCUT2D eigenvalue weighted by Crippen LogP contribution is 2.40. The molecule has 170 valence electrons. The number of hydrogen-bond acceptors (Lipinski definition) is 6. The number of carbonyl (C=O) groups is 1. The van der Waals surface area contributed by atoms with Crippen LogP contribution in [-0.4, -0.2) is 55.5 Å². The fraction of sp³-hybridized carbons (Fsp3) is 0.400. The van der Waals surface area contributed by atoms with Crippen LogP contribution in [0, 0.1) is 0 Å². The number of nitrogens with zero attached hydrogens (tertiary/aromatic N) is 1. The largest absolute Gasteiger partial charge is 0.345 e. The molecule has 1 amide bonds. The Labute approximate surface area is 188 Å². The molecule has 7 heteroatoms. The second kappa shape index (κ2) is 9.52. The van der Waals surface area contributed by atoms with Crippen LogP contribution in [0.25, 0.3) is 6.08 Å². The van der Waals surface area contributed by atoms with E-state index in [2.05, 4.69) is 0 Å². The summed E-state index contributed by atoms with van der Waals surface area (Å²) in [5.74, 6) is -0.906. The number of hydrogen-bond donors (Lipinski definition) is 0. The minimum Gasteiger partial charge on any atom is -0.345 e. The Morgan fingerprint density at radius 2 is 1.75 bits per heavy atom. The minimum absolute atomic E-state index is 0.206. The van der Waals surface area contributed by atoms with Crippen LogP contribution in [0.5, 0.6) is 0 Å². The van der Waals surface area contributed by atoms with Gasteiger partial charge in [-0.25, -0.2) is 5.06 Å². The predicted molar refractivity (Wildman–Crippen MR) is 118 cm³/mol. The van der Waals surface area contributed by atoms with E-state index in [4.69, 9.17) is 23.8 Å². The molecule has 0 bridgehead atoms. The molecule has 4 rings (SSSR count). The van der Waals surface area contributed by atoms with Gasteiger partial charge in [-0.1, -0.05) is 54.6 Å². The number of benzene rings is 2. The molecule has 4 atom stereocenters. The SMILES string of the molecule is CON(C)C(=O)c1ccc(/C=C/[C@H]2O[C@H](OCc3ccccc3)[C@H]3OC(C)(C)O[C@H]32)cc1. The van der Waals surface area contributed by atoms with Crippen molar-refractivity contribution in [2.75, 3.05) is 14.2 Å². The van der Waals surface area contributed by atoms with Crippen molar-refractivity contribution in [3.8, 4) is 0 Å². The Morgan fingerprint density at radius 1 is 1.06 bits per heavy atom. The van der Waals surface area contributed by atoms with Crippen LogP contribution in [0.15, 0.2) is 60.7 Å².